The molecule has 1 heterocycles. The van der Waals surface area contributed by atoms with Gasteiger partial charge in [-0.3, -0.25) is 5.32 Å². The molecule has 7 heteroatoms. The number of nitrogens with one attached hydrogen (secondary N) is 1. The molecule has 0 aliphatic rings. The molecular formula is C19H17Cl2N3O2. The number of nitrogens with zero attached hydrogens (tertiary/aromatic N) is 2. The van der Waals surface area contributed by atoms with Crippen molar-refractivity contribution in [3.8, 4) is 11.4 Å². The predicted octanol–water partition coefficient (Wildman–Crippen LogP) is 5.74. The number of hydrogen-bond acceptors (Lipinski definition) is 3. The maximum atomic E-state index is 12.2. The smallest absolute Gasteiger partial charge is 0.406 e. The van der Waals surface area contributed by atoms with E-state index in [0.717, 1.165) is 17.8 Å². The summed E-state index contributed by atoms with van der Waals surface area (Å²) in [6.07, 6.45) is 2.56. The first kappa shape index (κ1) is 18.3. The molecule has 0 aliphatic heterocycles. The summed E-state index contributed by atoms with van der Waals surface area (Å²) in [5.74, 6) is 0.424. The van der Waals surface area contributed by atoms with E-state index in [-0.39, 0.29) is 0 Å². The summed E-state index contributed by atoms with van der Waals surface area (Å²) in [4.78, 5) is 12.2. The molecule has 0 fully saturated rings. The third-order valence-corrected chi connectivity index (χ3v) is 4.19. The van der Waals surface area contributed by atoms with Crippen molar-refractivity contribution in [2.45, 2.75) is 19.8 Å². The molecule has 26 heavy (non-hydrogen) atoms. The first-order chi connectivity index (χ1) is 12.6. The number of anilines is 1. The monoisotopic (exact) mass is 389 g/mol. The minimum absolute atomic E-state index is 0.424. The molecule has 1 N–H and O–H groups in total. The second-order valence-electron chi connectivity index (χ2n) is 5.62. The Labute approximate surface area is 161 Å². The van der Waals surface area contributed by atoms with Gasteiger partial charge in [-0.25, -0.2) is 9.48 Å². The molecule has 1 amide bonds. The zero-order valence-corrected chi connectivity index (χ0v) is 15.6. The number of halogens is 2. The molecule has 0 atom stereocenters. The van der Waals surface area contributed by atoms with E-state index in [1.54, 1.807) is 47.3 Å². The highest BCUT2D eigenvalue weighted by atomic mass is 35.5. The van der Waals surface area contributed by atoms with Crippen molar-refractivity contribution < 1.29 is 9.53 Å². The highest BCUT2D eigenvalue weighted by Gasteiger charge is 2.16. The molecule has 5 nitrogen and oxygen atoms in total. The second-order valence-corrected chi connectivity index (χ2v) is 6.49. The van der Waals surface area contributed by atoms with E-state index in [2.05, 4.69) is 17.3 Å². The fourth-order valence-corrected chi connectivity index (χ4v) is 2.74. The number of amides is 1. The Balaban J connectivity index is 1.79. The van der Waals surface area contributed by atoms with Gasteiger partial charge in [0.15, 0.2) is 5.75 Å². The van der Waals surface area contributed by atoms with Crippen LogP contribution in [0.1, 0.15) is 19.0 Å². The van der Waals surface area contributed by atoms with Crippen LogP contribution < -0.4 is 10.1 Å². The Bertz CT molecular complexity index is 890. The average Bonchev–Trinajstić information content (AvgIpc) is 3.00. The van der Waals surface area contributed by atoms with Crippen LogP contribution in [0.4, 0.5) is 10.5 Å². The van der Waals surface area contributed by atoms with Gasteiger partial charge in [-0.05, 0) is 55.0 Å². The summed E-state index contributed by atoms with van der Waals surface area (Å²) in [6.45, 7) is 2.05. The van der Waals surface area contributed by atoms with Crippen LogP contribution in [0.25, 0.3) is 5.69 Å². The zero-order valence-electron chi connectivity index (χ0n) is 14.1. The van der Waals surface area contributed by atoms with Crippen LogP contribution >= 0.6 is 23.2 Å². The summed E-state index contributed by atoms with van der Waals surface area (Å²) >= 11 is 11.8. The van der Waals surface area contributed by atoms with Gasteiger partial charge in [0.1, 0.15) is 0 Å². The summed E-state index contributed by atoms with van der Waals surface area (Å²) in [5.41, 5.74) is 2.27. The third-order valence-electron chi connectivity index (χ3n) is 3.68. The highest BCUT2D eigenvalue weighted by Crippen LogP contribution is 2.25. The molecular weight excluding hydrogens is 373 g/mol. The van der Waals surface area contributed by atoms with Gasteiger partial charge in [-0.15, -0.1) is 0 Å². The van der Waals surface area contributed by atoms with Crippen LogP contribution in [0, 0.1) is 0 Å². The van der Waals surface area contributed by atoms with E-state index in [1.807, 2.05) is 12.1 Å². The lowest BCUT2D eigenvalue weighted by molar-refractivity contribution is 0.214. The summed E-state index contributed by atoms with van der Waals surface area (Å²) in [6, 6.07) is 14.1. The minimum atomic E-state index is -0.583. The number of ether oxygens (including phenoxy) is 1. The van der Waals surface area contributed by atoms with E-state index in [9.17, 15) is 4.79 Å². The topological polar surface area (TPSA) is 56.1 Å². The molecule has 2 aromatic carbocycles. The molecule has 0 saturated carbocycles. The number of benzene rings is 2. The Morgan fingerprint density at radius 2 is 1.69 bits per heavy atom. The summed E-state index contributed by atoms with van der Waals surface area (Å²) in [5, 5.41) is 8.27. The lowest BCUT2D eigenvalue weighted by Gasteiger charge is -2.10. The fourth-order valence-electron chi connectivity index (χ4n) is 2.49. The first-order valence-corrected chi connectivity index (χ1v) is 8.89. The van der Waals surface area contributed by atoms with Crippen molar-refractivity contribution in [2.75, 3.05) is 5.32 Å². The summed E-state index contributed by atoms with van der Waals surface area (Å²) < 4.78 is 7.22. The Kier molecular flexibility index (Phi) is 5.81. The second kappa shape index (κ2) is 8.25. The van der Waals surface area contributed by atoms with Gasteiger partial charge >= 0.3 is 6.09 Å². The van der Waals surface area contributed by atoms with Crippen LogP contribution in [0.3, 0.4) is 0 Å². The van der Waals surface area contributed by atoms with Gasteiger partial charge in [0, 0.05) is 15.7 Å². The number of carbonyl (C=O) groups is 1. The average molecular weight is 390 g/mol. The van der Waals surface area contributed by atoms with Gasteiger partial charge in [0.2, 0.25) is 0 Å². The SMILES string of the molecule is CCCc1c(OC(=O)Nc2ccc(Cl)cc2)cnn1-c1ccc(Cl)cc1. The van der Waals surface area contributed by atoms with Crippen molar-refractivity contribution in [1.29, 1.82) is 0 Å². The van der Waals surface area contributed by atoms with Gasteiger partial charge in [-0.1, -0.05) is 36.5 Å². The number of aromatic nitrogens is 2. The molecule has 3 aromatic rings. The third kappa shape index (κ3) is 4.36. The van der Waals surface area contributed by atoms with Gasteiger partial charge in [0.05, 0.1) is 17.6 Å². The van der Waals surface area contributed by atoms with Crippen molar-refractivity contribution >= 4 is 35.0 Å². The lowest BCUT2D eigenvalue weighted by Crippen LogP contribution is -2.17. The molecule has 0 bridgehead atoms. The standard InChI is InChI=1S/C19H17Cl2N3O2/c1-2-3-17-18(12-22-24(17)16-10-6-14(21)7-11-16)26-19(25)23-15-8-4-13(20)5-9-15/h4-12H,2-3H2,1H3,(H,23,25). The van der Waals surface area contributed by atoms with Crippen molar-refractivity contribution in [1.82, 2.24) is 9.78 Å². The van der Waals surface area contributed by atoms with Crippen LogP contribution in [0.5, 0.6) is 5.75 Å². The fraction of sp³-hybridized carbons (Fsp3) is 0.158. The zero-order chi connectivity index (χ0) is 18.5. The van der Waals surface area contributed by atoms with E-state index in [0.29, 0.717) is 27.9 Å². The van der Waals surface area contributed by atoms with E-state index in [1.165, 1.54) is 0 Å². The quantitative estimate of drug-likeness (QED) is 0.604. The molecule has 0 spiro atoms. The van der Waals surface area contributed by atoms with E-state index >= 15 is 0 Å². The normalized spacial score (nSPS) is 10.6. The van der Waals surface area contributed by atoms with E-state index < -0.39 is 6.09 Å². The first-order valence-electron chi connectivity index (χ1n) is 8.14. The number of carbonyl (C=O) groups excluding carboxylic acids is 1. The molecule has 0 radical (unpaired) electrons. The Morgan fingerprint density at radius 1 is 1.08 bits per heavy atom. The van der Waals surface area contributed by atoms with Crippen LogP contribution in [0.15, 0.2) is 54.7 Å². The molecule has 134 valence electrons. The molecule has 0 unspecified atom stereocenters. The molecule has 3 rings (SSSR count). The number of hydrogen-bond donors (Lipinski definition) is 1. The molecule has 1 aromatic heterocycles. The maximum absolute atomic E-state index is 12.2. The highest BCUT2D eigenvalue weighted by molar-refractivity contribution is 6.30. The largest absolute Gasteiger partial charge is 0.417 e. The van der Waals surface area contributed by atoms with E-state index in [4.69, 9.17) is 27.9 Å². The van der Waals surface area contributed by atoms with Crippen molar-refractivity contribution in [2.24, 2.45) is 0 Å². The number of rotatable bonds is 5. The van der Waals surface area contributed by atoms with Gasteiger partial charge < -0.3 is 4.74 Å². The molecule has 0 saturated heterocycles. The lowest BCUT2D eigenvalue weighted by atomic mass is 10.2. The van der Waals surface area contributed by atoms with Crippen molar-refractivity contribution in [3.05, 3.63) is 70.5 Å². The predicted molar refractivity (Wildman–Crippen MR) is 104 cm³/mol. The minimum Gasteiger partial charge on any atom is -0.406 e. The Hall–Kier alpha value is -2.50. The van der Waals surface area contributed by atoms with Crippen LogP contribution in [0.2, 0.25) is 10.0 Å². The van der Waals surface area contributed by atoms with Crippen LogP contribution in [-0.4, -0.2) is 15.9 Å². The van der Waals surface area contributed by atoms with Gasteiger partial charge in [-0.2, -0.15) is 5.10 Å². The Morgan fingerprint density at radius 3 is 2.31 bits per heavy atom. The van der Waals surface area contributed by atoms with Gasteiger partial charge in [0.25, 0.3) is 0 Å². The van der Waals surface area contributed by atoms with Crippen molar-refractivity contribution in [3.63, 3.8) is 0 Å². The molecule has 0 aliphatic carbocycles. The summed E-state index contributed by atoms with van der Waals surface area (Å²) in [7, 11) is 0. The maximum Gasteiger partial charge on any atom is 0.417 e. The van der Waals surface area contributed by atoms with Crippen LogP contribution in [-0.2, 0) is 6.42 Å².